The van der Waals surface area contributed by atoms with Crippen LogP contribution in [0.4, 0.5) is 5.69 Å². The smallest absolute Gasteiger partial charge is 0.341 e. The van der Waals surface area contributed by atoms with Crippen LogP contribution < -0.4 is 10.1 Å². The van der Waals surface area contributed by atoms with Crippen LogP contribution in [0.2, 0.25) is 0 Å². The fourth-order valence-corrected chi connectivity index (χ4v) is 1.96. The number of anilines is 1. The lowest BCUT2D eigenvalue weighted by molar-refractivity contribution is -0.137. The normalized spacial score (nSPS) is 11.0. The number of nitrogens with one attached hydrogen (secondary N) is 1. The number of benzene rings is 1. The molecule has 0 fully saturated rings. The number of esters is 1. The summed E-state index contributed by atoms with van der Waals surface area (Å²) in [5.41, 5.74) is -0.193. The molecule has 1 amide bonds. The Labute approximate surface area is 143 Å². The zero-order chi connectivity index (χ0) is 18.2. The highest BCUT2D eigenvalue weighted by molar-refractivity contribution is 5.99. The number of carbonyl (C=O) groups excluding carboxylic acids is 2. The maximum absolute atomic E-state index is 12.4. The van der Waals surface area contributed by atoms with Crippen molar-refractivity contribution >= 4 is 17.6 Å². The van der Waals surface area contributed by atoms with Gasteiger partial charge in [-0.15, -0.1) is 0 Å². The highest BCUT2D eigenvalue weighted by Gasteiger charge is 2.28. The molecule has 1 aromatic rings. The highest BCUT2D eigenvalue weighted by atomic mass is 16.5. The molecule has 1 aromatic carbocycles. The summed E-state index contributed by atoms with van der Waals surface area (Å²) in [5.74, 6) is -0.344. The molecule has 134 valence electrons. The van der Waals surface area contributed by atoms with Crippen molar-refractivity contribution in [2.24, 2.45) is 0 Å². The zero-order valence-electron chi connectivity index (χ0n) is 15.1. The van der Waals surface area contributed by atoms with Gasteiger partial charge < -0.3 is 19.5 Å². The summed E-state index contributed by atoms with van der Waals surface area (Å²) in [4.78, 5) is 24.5. The first-order valence-electron chi connectivity index (χ1n) is 8.25. The molecule has 6 nitrogen and oxygen atoms in total. The maximum Gasteiger partial charge on any atom is 0.341 e. The SMILES string of the molecule is CCCOC(C)(C)C(=O)Nc1ccc(OCC)c(C(=O)OCC)c1. The lowest BCUT2D eigenvalue weighted by Crippen LogP contribution is -2.40. The molecule has 0 aromatic heterocycles. The molecule has 0 atom stereocenters. The standard InChI is InChI=1S/C18H27NO5/c1-6-11-24-18(4,5)17(21)19-13-9-10-15(22-7-2)14(12-13)16(20)23-8-3/h9-10,12H,6-8,11H2,1-5H3,(H,19,21). The number of hydrogen-bond acceptors (Lipinski definition) is 5. The quantitative estimate of drug-likeness (QED) is 0.699. The Morgan fingerprint density at radius 1 is 1.12 bits per heavy atom. The molecule has 0 bridgehead atoms. The van der Waals surface area contributed by atoms with Crippen molar-refractivity contribution in [1.82, 2.24) is 0 Å². The zero-order valence-corrected chi connectivity index (χ0v) is 15.1. The molecule has 0 aliphatic heterocycles. The third-order valence-electron chi connectivity index (χ3n) is 3.25. The minimum absolute atomic E-state index is 0.263. The largest absolute Gasteiger partial charge is 0.493 e. The van der Waals surface area contributed by atoms with Gasteiger partial charge in [-0.1, -0.05) is 6.92 Å². The van der Waals surface area contributed by atoms with E-state index in [2.05, 4.69) is 5.32 Å². The second-order valence-electron chi connectivity index (χ2n) is 5.68. The number of rotatable bonds is 9. The van der Waals surface area contributed by atoms with Gasteiger partial charge in [0.2, 0.25) is 0 Å². The lowest BCUT2D eigenvalue weighted by atomic mass is 10.1. The van der Waals surface area contributed by atoms with Crippen LogP contribution >= 0.6 is 0 Å². The Morgan fingerprint density at radius 3 is 2.42 bits per heavy atom. The summed E-state index contributed by atoms with van der Waals surface area (Å²) in [6.07, 6.45) is 0.826. The van der Waals surface area contributed by atoms with Crippen LogP contribution in [0, 0.1) is 0 Å². The molecule has 0 unspecified atom stereocenters. The predicted octanol–water partition coefficient (Wildman–Crippen LogP) is 3.41. The first-order chi connectivity index (χ1) is 11.4. The van der Waals surface area contributed by atoms with E-state index in [-0.39, 0.29) is 18.1 Å². The summed E-state index contributed by atoms with van der Waals surface area (Å²) in [6, 6.07) is 4.88. The van der Waals surface area contributed by atoms with E-state index in [4.69, 9.17) is 14.2 Å². The van der Waals surface area contributed by atoms with Crippen LogP contribution in [-0.4, -0.2) is 37.3 Å². The average molecular weight is 337 g/mol. The third kappa shape index (κ3) is 5.53. The lowest BCUT2D eigenvalue weighted by Gasteiger charge is -2.24. The van der Waals surface area contributed by atoms with Gasteiger partial charge in [0.05, 0.1) is 13.2 Å². The Balaban J connectivity index is 2.98. The number of amides is 1. The second-order valence-corrected chi connectivity index (χ2v) is 5.68. The fraction of sp³-hybridized carbons (Fsp3) is 0.556. The van der Waals surface area contributed by atoms with E-state index < -0.39 is 11.6 Å². The molecule has 0 saturated carbocycles. The van der Waals surface area contributed by atoms with Gasteiger partial charge in [0, 0.05) is 12.3 Å². The van der Waals surface area contributed by atoms with E-state index >= 15 is 0 Å². The highest BCUT2D eigenvalue weighted by Crippen LogP contribution is 2.25. The average Bonchev–Trinajstić information content (AvgIpc) is 2.54. The van der Waals surface area contributed by atoms with E-state index in [9.17, 15) is 9.59 Å². The van der Waals surface area contributed by atoms with Gasteiger partial charge in [-0.2, -0.15) is 0 Å². The van der Waals surface area contributed by atoms with Gasteiger partial charge in [-0.05, 0) is 52.3 Å². The topological polar surface area (TPSA) is 73.9 Å². The van der Waals surface area contributed by atoms with Crippen molar-refractivity contribution in [1.29, 1.82) is 0 Å². The predicted molar refractivity (Wildman–Crippen MR) is 92.5 cm³/mol. The molecule has 1 N–H and O–H groups in total. The molecule has 0 heterocycles. The van der Waals surface area contributed by atoms with Crippen LogP contribution in [0.1, 0.15) is 51.4 Å². The molecule has 0 saturated heterocycles. The number of carbonyl (C=O) groups is 2. The fourth-order valence-electron chi connectivity index (χ4n) is 1.96. The summed E-state index contributed by atoms with van der Waals surface area (Å²) in [7, 11) is 0. The van der Waals surface area contributed by atoms with Crippen molar-refractivity contribution in [3.63, 3.8) is 0 Å². The van der Waals surface area contributed by atoms with Crippen molar-refractivity contribution in [3.8, 4) is 5.75 Å². The van der Waals surface area contributed by atoms with Gasteiger partial charge in [-0.25, -0.2) is 4.79 Å². The molecule has 0 spiro atoms. The van der Waals surface area contributed by atoms with E-state index in [0.717, 1.165) is 6.42 Å². The van der Waals surface area contributed by atoms with Crippen molar-refractivity contribution in [3.05, 3.63) is 23.8 Å². The van der Waals surface area contributed by atoms with Gasteiger partial charge in [0.1, 0.15) is 16.9 Å². The van der Waals surface area contributed by atoms with Gasteiger partial charge >= 0.3 is 5.97 Å². The Hall–Kier alpha value is -2.08. The van der Waals surface area contributed by atoms with Gasteiger partial charge in [0.15, 0.2) is 0 Å². The molecule has 0 aliphatic carbocycles. The molecule has 24 heavy (non-hydrogen) atoms. The van der Waals surface area contributed by atoms with Crippen LogP contribution in [0.3, 0.4) is 0 Å². The number of hydrogen-bond donors (Lipinski definition) is 1. The van der Waals surface area contributed by atoms with Crippen LogP contribution in [0.25, 0.3) is 0 Å². The van der Waals surface area contributed by atoms with E-state index in [1.54, 1.807) is 39.0 Å². The second kappa shape index (κ2) is 9.27. The Bertz CT molecular complexity index is 569. The van der Waals surface area contributed by atoms with Crippen LogP contribution in [-0.2, 0) is 14.3 Å². The van der Waals surface area contributed by atoms with E-state index in [0.29, 0.717) is 24.7 Å². The first kappa shape index (κ1) is 20.0. The monoisotopic (exact) mass is 337 g/mol. The number of ether oxygens (including phenoxy) is 3. The summed E-state index contributed by atoms with van der Waals surface area (Å²) in [5, 5.41) is 2.77. The van der Waals surface area contributed by atoms with Gasteiger partial charge in [0.25, 0.3) is 5.91 Å². The van der Waals surface area contributed by atoms with Crippen LogP contribution in [0.15, 0.2) is 18.2 Å². The molecular weight excluding hydrogens is 310 g/mol. The summed E-state index contributed by atoms with van der Waals surface area (Å²) < 4.78 is 16.0. The molecule has 1 rings (SSSR count). The van der Waals surface area contributed by atoms with Crippen molar-refractivity contribution in [2.45, 2.75) is 46.6 Å². The minimum Gasteiger partial charge on any atom is -0.493 e. The summed E-state index contributed by atoms with van der Waals surface area (Å²) >= 11 is 0. The molecule has 6 heteroatoms. The van der Waals surface area contributed by atoms with Crippen molar-refractivity contribution in [2.75, 3.05) is 25.1 Å². The molecular formula is C18H27NO5. The third-order valence-corrected chi connectivity index (χ3v) is 3.25. The van der Waals surface area contributed by atoms with E-state index in [1.807, 2.05) is 13.8 Å². The molecule has 0 radical (unpaired) electrons. The minimum atomic E-state index is -0.960. The van der Waals surface area contributed by atoms with Gasteiger partial charge in [-0.3, -0.25) is 4.79 Å². The Kier molecular flexibility index (Phi) is 7.71. The van der Waals surface area contributed by atoms with Crippen LogP contribution in [0.5, 0.6) is 5.75 Å². The summed E-state index contributed by atoms with van der Waals surface area (Å²) in [6.45, 7) is 10.1. The maximum atomic E-state index is 12.4. The van der Waals surface area contributed by atoms with Crippen molar-refractivity contribution < 1.29 is 23.8 Å². The first-order valence-corrected chi connectivity index (χ1v) is 8.25. The molecule has 0 aliphatic rings. The Morgan fingerprint density at radius 2 is 1.83 bits per heavy atom. The van der Waals surface area contributed by atoms with E-state index in [1.165, 1.54) is 0 Å².